The van der Waals surface area contributed by atoms with Crippen molar-refractivity contribution in [2.45, 2.75) is 25.0 Å². The largest absolute Gasteiger partial charge is 0.303 e. The van der Waals surface area contributed by atoms with E-state index in [1.54, 1.807) is 6.20 Å². The number of aromatic nitrogens is 1. The summed E-state index contributed by atoms with van der Waals surface area (Å²) in [6.07, 6.45) is 3.64. The molecule has 2 aliphatic heterocycles. The number of carbonyl (C=O) groups is 1. The summed E-state index contributed by atoms with van der Waals surface area (Å²) in [4.78, 5) is 19.8. The van der Waals surface area contributed by atoms with Gasteiger partial charge in [0, 0.05) is 28.5 Å². The Bertz CT molecular complexity index is 1020. The maximum Gasteiger partial charge on any atom is 0.246 e. The molecule has 0 aliphatic carbocycles. The molecule has 3 aromatic rings. The van der Waals surface area contributed by atoms with Gasteiger partial charge < -0.3 is 4.90 Å². The number of hydrogen-bond donors (Lipinski definition) is 2. The Kier molecular flexibility index (Phi) is 4.70. The Morgan fingerprint density at radius 2 is 1.66 bits per heavy atom. The highest BCUT2D eigenvalue weighted by molar-refractivity contribution is 9.10. The first kappa shape index (κ1) is 18.5. The molecule has 5 nitrogen and oxygen atoms in total. The van der Waals surface area contributed by atoms with Crippen molar-refractivity contribution >= 4 is 27.5 Å². The lowest BCUT2D eigenvalue weighted by molar-refractivity contribution is -0.119. The Labute approximate surface area is 178 Å². The number of fused-ring (bicyclic) bond motifs is 1. The van der Waals surface area contributed by atoms with E-state index >= 15 is 0 Å². The molecule has 0 saturated carbocycles. The first-order chi connectivity index (χ1) is 14.1. The van der Waals surface area contributed by atoms with Crippen molar-refractivity contribution in [3.8, 4) is 0 Å². The average Bonchev–Trinajstić information content (AvgIpc) is 3.29. The van der Waals surface area contributed by atoms with Gasteiger partial charge in [-0.3, -0.25) is 9.78 Å². The molecule has 5 rings (SSSR count). The van der Waals surface area contributed by atoms with E-state index < -0.39 is 0 Å². The molecule has 0 spiro atoms. The lowest BCUT2D eigenvalue weighted by Crippen LogP contribution is -2.41. The number of pyridine rings is 1. The van der Waals surface area contributed by atoms with Gasteiger partial charge in [-0.1, -0.05) is 51.8 Å². The van der Waals surface area contributed by atoms with Crippen molar-refractivity contribution in [1.29, 1.82) is 0 Å². The Balaban J connectivity index is 1.61. The number of hydrazine groups is 1. The van der Waals surface area contributed by atoms with E-state index in [4.69, 9.17) is 0 Å². The fourth-order valence-corrected chi connectivity index (χ4v) is 4.77. The highest BCUT2D eigenvalue weighted by atomic mass is 79.9. The minimum absolute atomic E-state index is 0.0118. The lowest BCUT2D eigenvalue weighted by Gasteiger charge is -2.31. The van der Waals surface area contributed by atoms with Crippen LogP contribution in [0.25, 0.3) is 0 Å². The number of benzene rings is 2. The average molecular weight is 449 g/mol. The summed E-state index contributed by atoms with van der Waals surface area (Å²) in [5.74, 6) is 0.119. The van der Waals surface area contributed by atoms with Crippen LogP contribution in [0.5, 0.6) is 0 Å². The monoisotopic (exact) mass is 448 g/mol. The molecule has 0 radical (unpaired) electrons. The van der Waals surface area contributed by atoms with Crippen LogP contribution in [0.3, 0.4) is 0 Å². The van der Waals surface area contributed by atoms with Crippen LogP contribution in [0.15, 0.2) is 77.5 Å². The molecule has 4 atom stereocenters. The first-order valence-electron chi connectivity index (χ1n) is 9.70. The molecule has 2 aromatic carbocycles. The summed E-state index contributed by atoms with van der Waals surface area (Å²) in [6.45, 7) is 2.05. The van der Waals surface area contributed by atoms with Gasteiger partial charge in [-0.25, -0.2) is 10.9 Å². The Morgan fingerprint density at radius 3 is 2.34 bits per heavy atom. The fraction of sp³-hybridized carbons (Fsp3) is 0.217. The molecular weight excluding hydrogens is 428 g/mol. The zero-order valence-corrected chi connectivity index (χ0v) is 17.5. The minimum Gasteiger partial charge on any atom is -0.303 e. The van der Waals surface area contributed by atoms with Gasteiger partial charge >= 0.3 is 0 Å². The molecule has 2 N–H and O–H groups in total. The quantitative estimate of drug-likeness (QED) is 0.633. The molecular formula is C23H21BrN4O. The molecule has 1 amide bonds. The predicted molar refractivity (Wildman–Crippen MR) is 116 cm³/mol. The SMILES string of the molecule is Cc1ccc(N2C(=O)C3NNC(c4ccc(Br)cc4)C3C2c2cccnc2)cc1. The number of nitrogens with one attached hydrogen (secondary N) is 2. The van der Waals surface area contributed by atoms with Crippen LogP contribution < -0.4 is 15.8 Å². The highest BCUT2D eigenvalue weighted by Gasteiger charge is 2.56. The van der Waals surface area contributed by atoms with Gasteiger partial charge in [-0.15, -0.1) is 0 Å². The Hall–Kier alpha value is -2.54. The number of aryl methyl sites for hydroxylation is 1. The predicted octanol–water partition coefficient (Wildman–Crippen LogP) is 4.07. The second kappa shape index (κ2) is 7.37. The van der Waals surface area contributed by atoms with E-state index in [2.05, 4.69) is 69.0 Å². The third-order valence-corrected chi connectivity index (χ3v) is 6.41. The molecule has 6 heteroatoms. The molecule has 2 aliphatic rings. The van der Waals surface area contributed by atoms with Gasteiger partial charge in [0.25, 0.3) is 0 Å². The van der Waals surface area contributed by atoms with E-state index in [9.17, 15) is 4.79 Å². The minimum atomic E-state index is -0.296. The fourth-order valence-electron chi connectivity index (χ4n) is 4.51. The van der Waals surface area contributed by atoms with Crippen LogP contribution in [0.4, 0.5) is 5.69 Å². The number of anilines is 1. The van der Waals surface area contributed by atoms with Crippen LogP contribution >= 0.6 is 15.9 Å². The van der Waals surface area contributed by atoms with Gasteiger partial charge in [0.2, 0.25) is 5.91 Å². The summed E-state index contributed by atoms with van der Waals surface area (Å²) in [6, 6.07) is 20.0. The van der Waals surface area contributed by atoms with Gasteiger partial charge in [-0.05, 0) is 48.4 Å². The number of halogens is 1. The zero-order valence-electron chi connectivity index (χ0n) is 15.9. The van der Waals surface area contributed by atoms with Gasteiger partial charge in [0.05, 0.1) is 12.1 Å². The molecule has 3 heterocycles. The normalized spacial score (nSPS) is 26.0. The number of rotatable bonds is 3. The number of carbonyl (C=O) groups excluding carboxylic acids is 1. The van der Waals surface area contributed by atoms with Crippen molar-refractivity contribution in [2.24, 2.45) is 5.92 Å². The smallest absolute Gasteiger partial charge is 0.246 e. The van der Waals surface area contributed by atoms with Crippen molar-refractivity contribution in [1.82, 2.24) is 15.8 Å². The molecule has 2 saturated heterocycles. The van der Waals surface area contributed by atoms with Crippen molar-refractivity contribution in [3.05, 3.63) is 94.2 Å². The van der Waals surface area contributed by atoms with Crippen LogP contribution in [0, 0.1) is 12.8 Å². The summed E-state index contributed by atoms with van der Waals surface area (Å²) in [5.41, 5.74) is 10.9. The van der Waals surface area contributed by atoms with Crippen LogP contribution in [0.2, 0.25) is 0 Å². The topological polar surface area (TPSA) is 57.3 Å². The summed E-state index contributed by atoms with van der Waals surface area (Å²) < 4.78 is 1.04. The maximum atomic E-state index is 13.5. The van der Waals surface area contributed by atoms with Crippen LogP contribution in [-0.2, 0) is 4.79 Å². The van der Waals surface area contributed by atoms with Gasteiger partial charge in [-0.2, -0.15) is 0 Å². The van der Waals surface area contributed by atoms with Crippen molar-refractivity contribution < 1.29 is 4.79 Å². The highest BCUT2D eigenvalue weighted by Crippen LogP contribution is 2.48. The maximum absolute atomic E-state index is 13.5. The van der Waals surface area contributed by atoms with Crippen LogP contribution in [-0.4, -0.2) is 16.9 Å². The molecule has 4 unspecified atom stereocenters. The van der Waals surface area contributed by atoms with E-state index in [0.29, 0.717) is 0 Å². The number of amides is 1. The standard InChI is InChI=1S/C23H21BrN4O/c1-14-4-10-18(11-5-14)28-22(16-3-2-12-25-13-16)19-20(26-27-21(19)23(28)29)15-6-8-17(24)9-7-15/h2-13,19-22,26-27H,1H3. The second-order valence-electron chi connectivity index (χ2n) is 7.65. The second-order valence-corrected chi connectivity index (χ2v) is 8.56. The zero-order chi connectivity index (χ0) is 20.0. The van der Waals surface area contributed by atoms with E-state index in [-0.39, 0.29) is 30.0 Å². The molecule has 1 aromatic heterocycles. The summed E-state index contributed by atoms with van der Waals surface area (Å²) in [7, 11) is 0. The third kappa shape index (κ3) is 3.17. The molecule has 146 valence electrons. The summed E-state index contributed by atoms with van der Waals surface area (Å²) in [5, 5.41) is 0. The third-order valence-electron chi connectivity index (χ3n) is 5.88. The van der Waals surface area contributed by atoms with Crippen molar-refractivity contribution in [2.75, 3.05) is 4.90 Å². The summed E-state index contributed by atoms with van der Waals surface area (Å²) >= 11 is 3.51. The van der Waals surface area contributed by atoms with Gasteiger partial charge in [0.1, 0.15) is 6.04 Å². The van der Waals surface area contributed by atoms with Crippen LogP contribution in [0.1, 0.15) is 28.8 Å². The Morgan fingerprint density at radius 1 is 0.931 bits per heavy atom. The van der Waals surface area contributed by atoms with Gasteiger partial charge in [0.15, 0.2) is 0 Å². The molecule has 0 bridgehead atoms. The number of hydrogen-bond acceptors (Lipinski definition) is 4. The lowest BCUT2D eigenvalue weighted by atomic mass is 9.84. The van der Waals surface area contributed by atoms with E-state index in [1.807, 2.05) is 41.4 Å². The van der Waals surface area contributed by atoms with Crippen molar-refractivity contribution in [3.63, 3.8) is 0 Å². The first-order valence-corrected chi connectivity index (χ1v) is 10.5. The number of nitrogens with zero attached hydrogens (tertiary/aromatic N) is 2. The molecule has 2 fully saturated rings. The molecule has 29 heavy (non-hydrogen) atoms. The van der Waals surface area contributed by atoms with E-state index in [0.717, 1.165) is 21.3 Å². The van der Waals surface area contributed by atoms with E-state index in [1.165, 1.54) is 5.56 Å².